The predicted octanol–water partition coefficient (Wildman–Crippen LogP) is 3.69. The Bertz CT molecular complexity index is 923. The zero-order valence-corrected chi connectivity index (χ0v) is 19.4. The van der Waals surface area contributed by atoms with Gasteiger partial charge >= 0.3 is 0 Å². The first-order chi connectivity index (χ1) is 12.2. The number of benzene rings is 2. The Morgan fingerprint density at radius 1 is 1.22 bits per heavy atom. The van der Waals surface area contributed by atoms with Gasteiger partial charge in [0.05, 0.1) is 10.9 Å². The van der Waals surface area contributed by atoms with Gasteiger partial charge in [-0.15, -0.1) is 24.0 Å². The monoisotopic (exact) mass is 542 g/mol. The van der Waals surface area contributed by atoms with Crippen LogP contribution in [0.2, 0.25) is 10.0 Å². The number of nitrogens with one attached hydrogen (secondary N) is 2. The average Bonchev–Trinajstić information content (AvgIpc) is 2.57. The Morgan fingerprint density at radius 3 is 2.52 bits per heavy atom. The molecular formula is C17H21Cl2IN4O2S. The number of nitrogens with zero attached hydrogens (tertiary/aromatic N) is 1. The summed E-state index contributed by atoms with van der Waals surface area (Å²) in [5.41, 5.74) is 1.65. The number of guanidine groups is 1. The second kappa shape index (κ2) is 10.5. The molecule has 2 aromatic rings. The molecule has 6 nitrogen and oxygen atoms in total. The summed E-state index contributed by atoms with van der Waals surface area (Å²) in [6.07, 6.45) is 0. The SMILES string of the molecule is CN=C(NCc1cccc(S(N)(=O)=O)c1)NC(C)c1ccc(Cl)cc1Cl.I. The molecule has 0 aromatic heterocycles. The lowest BCUT2D eigenvalue weighted by atomic mass is 10.1. The molecule has 4 N–H and O–H groups in total. The number of hydrogen-bond donors (Lipinski definition) is 3. The second-order valence-electron chi connectivity index (χ2n) is 5.65. The summed E-state index contributed by atoms with van der Waals surface area (Å²) in [4.78, 5) is 4.24. The Balaban J connectivity index is 0.00000364. The number of hydrogen-bond acceptors (Lipinski definition) is 3. The third kappa shape index (κ3) is 7.11. The Morgan fingerprint density at radius 2 is 1.93 bits per heavy atom. The van der Waals surface area contributed by atoms with Crippen molar-refractivity contribution in [3.63, 3.8) is 0 Å². The molecule has 0 saturated carbocycles. The van der Waals surface area contributed by atoms with E-state index in [-0.39, 0.29) is 34.9 Å². The summed E-state index contributed by atoms with van der Waals surface area (Å²) in [5, 5.41) is 12.6. The molecule has 27 heavy (non-hydrogen) atoms. The van der Waals surface area contributed by atoms with E-state index < -0.39 is 10.0 Å². The van der Waals surface area contributed by atoms with Crippen molar-refractivity contribution in [3.05, 3.63) is 63.6 Å². The third-order valence-corrected chi connectivity index (χ3v) is 5.17. The van der Waals surface area contributed by atoms with E-state index in [4.69, 9.17) is 28.3 Å². The number of sulfonamides is 1. The summed E-state index contributed by atoms with van der Waals surface area (Å²) in [6, 6.07) is 11.6. The minimum absolute atomic E-state index is 0. The highest BCUT2D eigenvalue weighted by Gasteiger charge is 2.12. The van der Waals surface area contributed by atoms with Crippen molar-refractivity contribution in [3.8, 4) is 0 Å². The lowest BCUT2D eigenvalue weighted by molar-refractivity contribution is 0.597. The Labute approximate surface area is 186 Å². The maximum atomic E-state index is 11.4. The lowest BCUT2D eigenvalue weighted by Gasteiger charge is -2.19. The van der Waals surface area contributed by atoms with Crippen LogP contribution in [0.1, 0.15) is 24.1 Å². The number of primary sulfonamides is 1. The highest BCUT2D eigenvalue weighted by Crippen LogP contribution is 2.26. The molecule has 0 fully saturated rings. The molecule has 0 aliphatic rings. The molecule has 0 aliphatic carbocycles. The zero-order valence-electron chi connectivity index (χ0n) is 14.7. The molecule has 0 spiro atoms. The molecule has 0 bridgehead atoms. The van der Waals surface area contributed by atoms with Crippen LogP contribution in [0.15, 0.2) is 52.4 Å². The van der Waals surface area contributed by atoms with Gasteiger partial charge in [0.2, 0.25) is 10.0 Å². The highest BCUT2D eigenvalue weighted by atomic mass is 127. The van der Waals surface area contributed by atoms with Gasteiger partial charge in [-0.3, -0.25) is 4.99 Å². The molecule has 0 heterocycles. The molecule has 148 valence electrons. The van der Waals surface area contributed by atoms with Gasteiger partial charge in [0.1, 0.15) is 0 Å². The number of nitrogens with two attached hydrogens (primary N) is 1. The topological polar surface area (TPSA) is 96.6 Å². The van der Waals surface area contributed by atoms with Crippen LogP contribution < -0.4 is 15.8 Å². The maximum Gasteiger partial charge on any atom is 0.238 e. The van der Waals surface area contributed by atoms with E-state index in [1.54, 1.807) is 31.3 Å². The maximum absolute atomic E-state index is 11.4. The largest absolute Gasteiger partial charge is 0.352 e. The van der Waals surface area contributed by atoms with Crippen LogP contribution in [0, 0.1) is 0 Å². The fraction of sp³-hybridized carbons (Fsp3) is 0.235. The van der Waals surface area contributed by atoms with Gasteiger partial charge in [-0.05, 0) is 42.3 Å². The summed E-state index contributed by atoms with van der Waals surface area (Å²) in [5.74, 6) is 0.546. The van der Waals surface area contributed by atoms with Crippen molar-refractivity contribution in [2.75, 3.05) is 7.05 Å². The quantitative estimate of drug-likeness (QED) is 0.305. The molecule has 0 aliphatic heterocycles. The Kier molecular flexibility index (Phi) is 9.29. The molecule has 0 amide bonds. The van der Waals surface area contributed by atoms with Gasteiger partial charge in [-0.1, -0.05) is 41.4 Å². The van der Waals surface area contributed by atoms with Crippen LogP contribution in [0.5, 0.6) is 0 Å². The van der Waals surface area contributed by atoms with Crippen LogP contribution in [0.3, 0.4) is 0 Å². The molecule has 0 radical (unpaired) electrons. The van der Waals surface area contributed by atoms with Crippen LogP contribution in [-0.4, -0.2) is 21.4 Å². The molecule has 1 atom stereocenters. The average molecular weight is 543 g/mol. The van der Waals surface area contributed by atoms with Gasteiger partial charge in [0, 0.05) is 23.6 Å². The molecular weight excluding hydrogens is 522 g/mol. The molecule has 2 aromatic carbocycles. The van der Waals surface area contributed by atoms with Crippen molar-refractivity contribution < 1.29 is 8.42 Å². The third-order valence-electron chi connectivity index (χ3n) is 3.69. The summed E-state index contributed by atoms with van der Waals surface area (Å²) in [6.45, 7) is 2.33. The van der Waals surface area contributed by atoms with Crippen LogP contribution in [0.25, 0.3) is 0 Å². The van der Waals surface area contributed by atoms with E-state index in [2.05, 4.69) is 15.6 Å². The minimum atomic E-state index is -3.73. The van der Waals surface area contributed by atoms with Crippen molar-refractivity contribution in [2.45, 2.75) is 24.4 Å². The van der Waals surface area contributed by atoms with Crippen LogP contribution in [-0.2, 0) is 16.6 Å². The lowest BCUT2D eigenvalue weighted by Crippen LogP contribution is -2.38. The van der Waals surface area contributed by atoms with Gasteiger partial charge < -0.3 is 10.6 Å². The smallest absolute Gasteiger partial charge is 0.238 e. The van der Waals surface area contributed by atoms with E-state index >= 15 is 0 Å². The van der Waals surface area contributed by atoms with Gasteiger partial charge in [0.15, 0.2) is 5.96 Å². The first-order valence-electron chi connectivity index (χ1n) is 7.74. The number of rotatable bonds is 5. The van der Waals surface area contributed by atoms with Crippen molar-refractivity contribution in [1.82, 2.24) is 10.6 Å². The number of aliphatic imine (C=N–C) groups is 1. The van der Waals surface area contributed by atoms with E-state index in [1.165, 1.54) is 12.1 Å². The van der Waals surface area contributed by atoms with E-state index in [9.17, 15) is 8.42 Å². The minimum Gasteiger partial charge on any atom is -0.352 e. The second-order valence-corrected chi connectivity index (χ2v) is 8.06. The molecule has 1 unspecified atom stereocenters. The molecule has 2 rings (SSSR count). The predicted molar refractivity (Wildman–Crippen MR) is 121 cm³/mol. The molecule has 0 saturated heterocycles. The first-order valence-corrected chi connectivity index (χ1v) is 10.0. The highest BCUT2D eigenvalue weighted by molar-refractivity contribution is 14.0. The van der Waals surface area contributed by atoms with Crippen LogP contribution >= 0.6 is 47.2 Å². The van der Waals surface area contributed by atoms with Crippen molar-refractivity contribution in [2.24, 2.45) is 10.1 Å². The van der Waals surface area contributed by atoms with Crippen LogP contribution in [0.4, 0.5) is 0 Å². The first kappa shape index (κ1) is 24.0. The standard InChI is InChI=1S/C17H20Cl2N4O2S.HI/c1-11(15-7-6-13(18)9-16(15)19)23-17(21-2)22-10-12-4-3-5-14(8-12)26(20,24)25;/h3-9,11H,10H2,1-2H3,(H2,20,24,25)(H2,21,22,23);1H. The van der Waals surface area contributed by atoms with Crippen molar-refractivity contribution >= 4 is 63.2 Å². The Hall–Kier alpha value is -1.07. The molecule has 10 heteroatoms. The summed E-state index contributed by atoms with van der Waals surface area (Å²) in [7, 11) is -2.09. The summed E-state index contributed by atoms with van der Waals surface area (Å²) < 4.78 is 22.9. The van der Waals surface area contributed by atoms with Crippen molar-refractivity contribution in [1.29, 1.82) is 0 Å². The zero-order chi connectivity index (χ0) is 19.3. The fourth-order valence-corrected chi connectivity index (χ4v) is 3.50. The van der Waals surface area contributed by atoms with Gasteiger partial charge in [-0.25, -0.2) is 13.6 Å². The van der Waals surface area contributed by atoms with E-state index in [0.717, 1.165) is 11.1 Å². The van der Waals surface area contributed by atoms with E-state index in [0.29, 0.717) is 22.5 Å². The summed E-state index contributed by atoms with van der Waals surface area (Å²) >= 11 is 12.2. The van der Waals surface area contributed by atoms with Gasteiger partial charge in [0.25, 0.3) is 0 Å². The van der Waals surface area contributed by atoms with E-state index in [1.807, 2.05) is 13.0 Å². The normalized spacial score (nSPS) is 12.9. The number of halogens is 3. The van der Waals surface area contributed by atoms with Gasteiger partial charge in [-0.2, -0.15) is 0 Å². The fourth-order valence-electron chi connectivity index (χ4n) is 2.35.